The first-order valence-corrected chi connectivity index (χ1v) is 5.79. The fourth-order valence-electron chi connectivity index (χ4n) is 2.00. The lowest BCUT2D eigenvalue weighted by Crippen LogP contribution is -2.28. The Morgan fingerprint density at radius 2 is 1.88 bits per heavy atom. The lowest BCUT2D eigenvalue weighted by Gasteiger charge is -2.20. The first kappa shape index (κ1) is 11.2. The third-order valence-corrected chi connectivity index (χ3v) is 3.02. The van der Waals surface area contributed by atoms with Crippen LogP contribution < -0.4 is 5.73 Å². The van der Waals surface area contributed by atoms with Crippen molar-refractivity contribution < 1.29 is 0 Å². The predicted molar refractivity (Wildman–Crippen MR) is 69.5 cm³/mol. The number of nitrogens with two attached hydrogens (primary N) is 1. The number of hydrogen-bond acceptors (Lipinski definition) is 1. The Hall–Kier alpha value is -1.28. The van der Waals surface area contributed by atoms with Crippen LogP contribution in [0.1, 0.15) is 39.3 Å². The molecule has 0 aliphatic rings. The molecule has 2 aromatic rings. The highest BCUT2D eigenvalue weighted by atomic mass is 15.0. The molecular formula is C14H20N2. The van der Waals surface area contributed by atoms with Gasteiger partial charge in [-0.2, -0.15) is 0 Å². The zero-order valence-electron chi connectivity index (χ0n) is 10.5. The summed E-state index contributed by atoms with van der Waals surface area (Å²) in [4.78, 5) is 0. The molecule has 2 heteroatoms. The predicted octanol–water partition coefficient (Wildman–Crippen LogP) is 3.42. The fourth-order valence-corrected chi connectivity index (χ4v) is 2.00. The van der Waals surface area contributed by atoms with E-state index in [0.717, 1.165) is 0 Å². The van der Waals surface area contributed by atoms with E-state index < -0.39 is 0 Å². The van der Waals surface area contributed by atoms with Crippen LogP contribution in [0.4, 0.5) is 0 Å². The van der Waals surface area contributed by atoms with Gasteiger partial charge in [0.15, 0.2) is 0 Å². The van der Waals surface area contributed by atoms with Gasteiger partial charge in [0.1, 0.15) is 0 Å². The highest BCUT2D eigenvalue weighted by molar-refractivity contribution is 5.81. The molecule has 0 spiro atoms. The average molecular weight is 216 g/mol. The minimum Gasteiger partial charge on any atom is -0.345 e. The summed E-state index contributed by atoms with van der Waals surface area (Å²) < 4.78 is 2.28. The van der Waals surface area contributed by atoms with Gasteiger partial charge in [-0.1, -0.05) is 12.1 Å². The minimum absolute atomic E-state index is 0.278. The fraction of sp³-hybridized carbons (Fsp3) is 0.429. The number of hydrogen-bond donors (Lipinski definition) is 1. The van der Waals surface area contributed by atoms with Gasteiger partial charge < -0.3 is 10.3 Å². The first-order chi connectivity index (χ1) is 7.39. The van der Waals surface area contributed by atoms with Crippen molar-refractivity contribution in [2.24, 2.45) is 5.73 Å². The van der Waals surface area contributed by atoms with E-state index in [1.165, 1.54) is 16.5 Å². The maximum Gasteiger partial charge on any atom is 0.0486 e. The molecule has 16 heavy (non-hydrogen) atoms. The Balaban J connectivity index is 2.63. The Bertz CT molecular complexity index is 501. The van der Waals surface area contributed by atoms with E-state index in [-0.39, 0.29) is 5.54 Å². The van der Waals surface area contributed by atoms with E-state index in [1.807, 2.05) is 13.8 Å². The Labute approximate surface area is 97.1 Å². The molecule has 2 rings (SSSR count). The summed E-state index contributed by atoms with van der Waals surface area (Å²) in [5.41, 5.74) is 8.31. The van der Waals surface area contributed by atoms with Gasteiger partial charge in [-0.3, -0.25) is 0 Å². The molecule has 0 radical (unpaired) electrons. The Morgan fingerprint density at radius 1 is 1.19 bits per heavy atom. The number of benzene rings is 1. The maximum absolute atomic E-state index is 6.13. The van der Waals surface area contributed by atoms with Crippen molar-refractivity contribution in [3.8, 4) is 0 Å². The standard InChI is InChI=1S/C14H20N2/c1-10(2)16-8-7-11-5-6-12(9-13(11)16)14(3,4)15/h5-10H,15H2,1-4H3. The summed E-state index contributed by atoms with van der Waals surface area (Å²) >= 11 is 0. The van der Waals surface area contributed by atoms with Crippen LogP contribution in [0.3, 0.4) is 0 Å². The quantitative estimate of drug-likeness (QED) is 0.819. The molecule has 86 valence electrons. The Kier molecular flexibility index (Phi) is 2.55. The van der Waals surface area contributed by atoms with Crippen LogP contribution in [0.5, 0.6) is 0 Å². The number of rotatable bonds is 2. The second kappa shape index (κ2) is 3.63. The highest BCUT2D eigenvalue weighted by Crippen LogP contribution is 2.25. The topological polar surface area (TPSA) is 30.9 Å². The van der Waals surface area contributed by atoms with Crippen molar-refractivity contribution >= 4 is 10.9 Å². The average Bonchev–Trinajstić information content (AvgIpc) is 2.58. The molecule has 0 bridgehead atoms. The van der Waals surface area contributed by atoms with Gasteiger partial charge in [-0.05, 0) is 50.8 Å². The smallest absolute Gasteiger partial charge is 0.0486 e. The molecule has 0 aliphatic heterocycles. The van der Waals surface area contributed by atoms with Crippen molar-refractivity contribution in [2.45, 2.75) is 39.3 Å². The van der Waals surface area contributed by atoms with E-state index in [1.54, 1.807) is 0 Å². The van der Waals surface area contributed by atoms with E-state index in [9.17, 15) is 0 Å². The van der Waals surface area contributed by atoms with Crippen molar-refractivity contribution in [3.63, 3.8) is 0 Å². The molecule has 0 fully saturated rings. The largest absolute Gasteiger partial charge is 0.345 e. The van der Waals surface area contributed by atoms with Crippen molar-refractivity contribution in [2.75, 3.05) is 0 Å². The van der Waals surface area contributed by atoms with Gasteiger partial charge in [0.25, 0.3) is 0 Å². The van der Waals surface area contributed by atoms with Crippen LogP contribution in [0.25, 0.3) is 10.9 Å². The van der Waals surface area contributed by atoms with Crippen LogP contribution in [0, 0.1) is 0 Å². The molecule has 0 amide bonds. The van der Waals surface area contributed by atoms with Crippen LogP contribution in [-0.2, 0) is 5.54 Å². The third kappa shape index (κ3) is 1.85. The van der Waals surface area contributed by atoms with Gasteiger partial charge in [-0.15, -0.1) is 0 Å². The summed E-state index contributed by atoms with van der Waals surface area (Å²) in [6.07, 6.45) is 2.14. The maximum atomic E-state index is 6.13. The number of fused-ring (bicyclic) bond motifs is 1. The lowest BCUT2D eigenvalue weighted by molar-refractivity contribution is 0.554. The summed E-state index contributed by atoms with van der Waals surface area (Å²) in [5, 5.41) is 1.28. The van der Waals surface area contributed by atoms with Crippen molar-refractivity contribution in [3.05, 3.63) is 36.0 Å². The molecule has 0 aliphatic carbocycles. The Morgan fingerprint density at radius 3 is 2.44 bits per heavy atom. The second-order valence-corrected chi connectivity index (χ2v) is 5.31. The van der Waals surface area contributed by atoms with E-state index in [4.69, 9.17) is 5.73 Å². The van der Waals surface area contributed by atoms with E-state index >= 15 is 0 Å². The SMILES string of the molecule is CC(C)n1ccc2ccc(C(C)(C)N)cc21. The summed E-state index contributed by atoms with van der Waals surface area (Å²) in [6, 6.07) is 9.11. The van der Waals surface area contributed by atoms with Crippen LogP contribution in [0.15, 0.2) is 30.5 Å². The molecule has 0 atom stereocenters. The lowest BCUT2D eigenvalue weighted by atomic mass is 9.95. The first-order valence-electron chi connectivity index (χ1n) is 5.79. The third-order valence-electron chi connectivity index (χ3n) is 3.02. The minimum atomic E-state index is -0.278. The molecule has 1 heterocycles. The monoisotopic (exact) mass is 216 g/mol. The number of aromatic nitrogens is 1. The van der Waals surface area contributed by atoms with Crippen LogP contribution in [-0.4, -0.2) is 4.57 Å². The van der Waals surface area contributed by atoms with Gasteiger partial charge in [0, 0.05) is 23.3 Å². The van der Waals surface area contributed by atoms with Gasteiger partial charge in [0.05, 0.1) is 0 Å². The van der Waals surface area contributed by atoms with Gasteiger partial charge in [-0.25, -0.2) is 0 Å². The van der Waals surface area contributed by atoms with Crippen LogP contribution >= 0.6 is 0 Å². The molecule has 0 unspecified atom stereocenters. The zero-order chi connectivity index (χ0) is 11.9. The number of nitrogens with zero attached hydrogens (tertiary/aromatic N) is 1. The van der Waals surface area contributed by atoms with Crippen molar-refractivity contribution in [1.82, 2.24) is 4.57 Å². The van der Waals surface area contributed by atoms with Crippen molar-refractivity contribution in [1.29, 1.82) is 0 Å². The van der Waals surface area contributed by atoms with E-state index in [2.05, 4.69) is 48.9 Å². The second-order valence-electron chi connectivity index (χ2n) is 5.31. The molecule has 1 aromatic heterocycles. The van der Waals surface area contributed by atoms with Crippen LogP contribution in [0.2, 0.25) is 0 Å². The van der Waals surface area contributed by atoms with Gasteiger partial charge >= 0.3 is 0 Å². The normalized spacial score (nSPS) is 12.6. The molecule has 2 N–H and O–H groups in total. The zero-order valence-corrected chi connectivity index (χ0v) is 10.5. The molecular weight excluding hydrogens is 196 g/mol. The highest BCUT2D eigenvalue weighted by Gasteiger charge is 2.15. The molecule has 1 aromatic carbocycles. The molecule has 2 nitrogen and oxygen atoms in total. The van der Waals surface area contributed by atoms with E-state index in [0.29, 0.717) is 6.04 Å². The summed E-state index contributed by atoms with van der Waals surface area (Å²) in [5.74, 6) is 0. The molecule has 0 saturated carbocycles. The van der Waals surface area contributed by atoms with Gasteiger partial charge in [0.2, 0.25) is 0 Å². The summed E-state index contributed by atoms with van der Waals surface area (Å²) in [6.45, 7) is 8.47. The molecule has 0 saturated heterocycles. The summed E-state index contributed by atoms with van der Waals surface area (Å²) in [7, 11) is 0.